The number of nitrogens with two attached hydrogens (primary N) is 1. The van der Waals surface area contributed by atoms with Gasteiger partial charge in [0.15, 0.2) is 5.22 Å². The summed E-state index contributed by atoms with van der Waals surface area (Å²) in [5, 5.41) is 0.279. The third kappa shape index (κ3) is 4.24. The summed E-state index contributed by atoms with van der Waals surface area (Å²) < 4.78 is 26.7. The van der Waals surface area contributed by atoms with E-state index >= 15 is 0 Å². The van der Waals surface area contributed by atoms with Gasteiger partial charge in [0.05, 0.1) is 6.26 Å². The van der Waals surface area contributed by atoms with E-state index in [1.165, 1.54) is 12.5 Å². The van der Waals surface area contributed by atoms with Crippen LogP contribution in [0.1, 0.15) is 24.4 Å². The van der Waals surface area contributed by atoms with Crippen LogP contribution in [0.2, 0.25) is 5.22 Å². The van der Waals surface area contributed by atoms with E-state index in [9.17, 15) is 8.42 Å². The topological polar surface area (TPSA) is 73.3 Å². The number of hydrogen-bond donors (Lipinski definition) is 1. The van der Waals surface area contributed by atoms with Gasteiger partial charge in [0.25, 0.3) is 0 Å². The van der Waals surface area contributed by atoms with Gasteiger partial charge >= 0.3 is 0 Å². The van der Waals surface area contributed by atoms with Crippen LogP contribution < -0.4 is 5.73 Å². The fourth-order valence-electron chi connectivity index (χ4n) is 1.29. The second-order valence-electron chi connectivity index (χ2n) is 3.53. The molecular formula is C9H14ClNO3S. The summed E-state index contributed by atoms with van der Waals surface area (Å²) in [6, 6.07) is 1.44. The summed E-state index contributed by atoms with van der Waals surface area (Å²) in [7, 11) is -2.91. The zero-order valence-corrected chi connectivity index (χ0v) is 10.0. The molecule has 0 radical (unpaired) electrons. The Bertz CT molecular complexity index is 413. The predicted molar refractivity (Wildman–Crippen MR) is 59.6 cm³/mol. The molecule has 15 heavy (non-hydrogen) atoms. The van der Waals surface area contributed by atoms with E-state index in [2.05, 4.69) is 0 Å². The van der Waals surface area contributed by atoms with Crippen LogP contribution in [0, 0.1) is 0 Å². The second kappa shape index (κ2) is 5.01. The van der Waals surface area contributed by atoms with Crippen LogP contribution in [0.4, 0.5) is 0 Å². The van der Waals surface area contributed by atoms with Crippen LogP contribution in [0.5, 0.6) is 0 Å². The first-order valence-corrected chi connectivity index (χ1v) is 7.00. The standard InChI is InChI=1S/C9H14ClNO3S/c1-15(12,13)6-2-3-8(11)7-4-5-14-9(7)10/h4-5,8H,2-3,6,11H2,1H3. The number of halogens is 1. The Kier molecular flexibility index (Phi) is 4.19. The van der Waals surface area contributed by atoms with E-state index < -0.39 is 9.84 Å². The summed E-state index contributed by atoms with van der Waals surface area (Å²) in [6.45, 7) is 0. The molecule has 86 valence electrons. The molecule has 0 aliphatic carbocycles. The first kappa shape index (κ1) is 12.5. The van der Waals surface area contributed by atoms with Crippen LogP contribution in [-0.4, -0.2) is 20.4 Å². The molecule has 1 heterocycles. The molecule has 0 aliphatic heterocycles. The van der Waals surface area contributed by atoms with E-state index in [0.29, 0.717) is 12.8 Å². The molecule has 0 bridgehead atoms. The highest BCUT2D eigenvalue weighted by Crippen LogP contribution is 2.25. The molecule has 0 aliphatic rings. The molecule has 6 heteroatoms. The zero-order chi connectivity index (χ0) is 11.5. The van der Waals surface area contributed by atoms with Gasteiger partial charge in [0, 0.05) is 23.6 Å². The maximum absolute atomic E-state index is 10.9. The van der Waals surface area contributed by atoms with Crippen molar-refractivity contribution in [2.24, 2.45) is 5.73 Å². The summed E-state index contributed by atoms with van der Waals surface area (Å²) in [5.41, 5.74) is 6.56. The van der Waals surface area contributed by atoms with E-state index in [1.807, 2.05) is 0 Å². The summed E-state index contributed by atoms with van der Waals surface area (Å²) in [4.78, 5) is 0. The van der Waals surface area contributed by atoms with Gasteiger partial charge < -0.3 is 10.2 Å². The van der Waals surface area contributed by atoms with Crippen molar-refractivity contribution >= 4 is 21.4 Å². The zero-order valence-electron chi connectivity index (χ0n) is 8.44. The molecule has 4 nitrogen and oxygen atoms in total. The minimum Gasteiger partial charge on any atom is -0.453 e. The number of rotatable bonds is 5. The average molecular weight is 252 g/mol. The molecule has 0 fully saturated rings. The molecule has 2 N–H and O–H groups in total. The van der Waals surface area contributed by atoms with Gasteiger partial charge in [0.2, 0.25) is 0 Å². The fraction of sp³-hybridized carbons (Fsp3) is 0.556. The van der Waals surface area contributed by atoms with Crippen LogP contribution in [0.3, 0.4) is 0 Å². The van der Waals surface area contributed by atoms with Crippen molar-refractivity contribution in [1.82, 2.24) is 0 Å². The van der Waals surface area contributed by atoms with Crippen molar-refractivity contribution in [3.8, 4) is 0 Å². The SMILES string of the molecule is CS(=O)(=O)CCCC(N)c1ccoc1Cl. The van der Waals surface area contributed by atoms with Gasteiger partial charge in [-0.1, -0.05) is 0 Å². The fourth-order valence-corrected chi connectivity index (χ4v) is 2.24. The summed E-state index contributed by atoms with van der Waals surface area (Å²) in [6.07, 6.45) is 3.78. The van der Waals surface area contributed by atoms with Gasteiger partial charge in [-0.3, -0.25) is 0 Å². The lowest BCUT2D eigenvalue weighted by Crippen LogP contribution is -2.12. The molecule has 0 aromatic carbocycles. The smallest absolute Gasteiger partial charge is 0.197 e. The van der Waals surface area contributed by atoms with Crippen molar-refractivity contribution in [1.29, 1.82) is 0 Å². The van der Waals surface area contributed by atoms with Crippen molar-refractivity contribution in [2.75, 3.05) is 12.0 Å². The first-order chi connectivity index (χ1) is 6.90. The molecule has 1 aromatic rings. The third-order valence-corrected chi connectivity index (χ3v) is 3.41. The number of furan rings is 1. The van der Waals surface area contributed by atoms with Crippen molar-refractivity contribution in [2.45, 2.75) is 18.9 Å². The summed E-state index contributed by atoms with van der Waals surface area (Å²) in [5.74, 6) is 0.149. The van der Waals surface area contributed by atoms with E-state index in [0.717, 1.165) is 5.56 Å². The number of hydrogen-bond acceptors (Lipinski definition) is 4. The van der Waals surface area contributed by atoms with Gasteiger partial charge in [-0.25, -0.2) is 8.42 Å². The Morgan fingerprint density at radius 2 is 2.27 bits per heavy atom. The van der Waals surface area contributed by atoms with Crippen molar-refractivity contribution in [3.05, 3.63) is 23.1 Å². The lowest BCUT2D eigenvalue weighted by Gasteiger charge is -2.08. The number of sulfone groups is 1. The quantitative estimate of drug-likeness (QED) is 0.865. The van der Waals surface area contributed by atoms with E-state index in [-0.39, 0.29) is 17.0 Å². The molecule has 1 unspecified atom stereocenters. The third-order valence-electron chi connectivity index (χ3n) is 2.08. The highest BCUT2D eigenvalue weighted by molar-refractivity contribution is 7.90. The molecule has 0 saturated carbocycles. The van der Waals surface area contributed by atoms with Crippen molar-refractivity contribution in [3.63, 3.8) is 0 Å². The maximum Gasteiger partial charge on any atom is 0.197 e. The van der Waals surface area contributed by atoms with Crippen molar-refractivity contribution < 1.29 is 12.8 Å². The summed E-state index contributed by atoms with van der Waals surface area (Å²) >= 11 is 5.74. The van der Waals surface area contributed by atoms with Gasteiger partial charge in [-0.15, -0.1) is 0 Å². The molecule has 1 atom stereocenters. The Hall–Kier alpha value is -0.520. The Morgan fingerprint density at radius 3 is 2.73 bits per heavy atom. The molecular weight excluding hydrogens is 238 g/mol. The monoisotopic (exact) mass is 251 g/mol. The first-order valence-electron chi connectivity index (χ1n) is 4.56. The highest BCUT2D eigenvalue weighted by atomic mass is 35.5. The Balaban J connectivity index is 2.44. The second-order valence-corrected chi connectivity index (χ2v) is 6.13. The molecule has 1 rings (SSSR count). The predicted octanol–water partition coefficient (Wildman–Crippen LogP) is 1.76. The van der Waals surface area contributed by atoms with E-state index in [4.69, 9.17) is 21.8 Å². The lowest BCUT2D eigenvalue weighted by atomic mass is 10.1. The van der Waals surface area contributed by atoms with Crippen LogP contribution in [0.15, 0.2) is 16.7 Å². The normalized spacial score (nSPS) is 14.1. The Morgan fingerprint density at radius 1 is 1.60 bits per heavy atom. The molecule has 0 saturated heterocycles. The molecule has 0 amide bonds. The van der Waals surface area contributed by atoms with Gasteiger partial charge in [-0.05, 0) is 30.5 Å². The maximum atomic E-state index is 10.9. The van der Waals surface area contributed by atoms with Gasteiger partial charge in [0.1, 0.15) is 9.84 Å². The van der Waals surface area contributed by atoms with Crippen LogP contribution in [0.25, 0.3) is 0 Å². The largest absolute Gasteiger partial charge is 0.453 e. The average Bonchev–Trinajstić information content (AvgIpc) is 2.48. The van der Waals surface area contributed by atoms with Gasteiger partial charge in [-0.2, -0.15) is 0 Å². The highest BCUT2D eigenvalue weighted by Gasteiger charge is 2.13. The minimum atomic E-state index is -2.91. The van der Waals surface area contributed by atoms with Crippen LogP contribution >= 0.6 is 11.6 Å². The minimum absolute atomic E-state index is 0.149. The van der Waals surface area contributed by atoms with E-state index in [1.54, 1.807) is 6.07 Å². The molecule has 0 spiro atoms. The molecule has 1 aromatic heterocycles. The van der Waals surface area contributed by atoms with Crippen LogP contribution in [-0.2, 0) is 9.84 Å². The lowest BCUT2D eigenvalue weighted by molar-refractivity contribution is 0.554. The Labute approximate surface area is 94.3 Å².